The number of hydrogen-bond acceptors (Lipinski definition) is 6. The van der Waals surface area contributed by atoms with Crippen molar-refractivity contribution in [1.29, 1.82) is 0 Å². The number of ether oxygens (including phenoxy) is 1. The van der Waals surface area contributed by atoms with E-state index in [1.54, 1.807) is 13.0 Å². The standard InChI is InChI=1S/C27H26ClN3O3S/c1-2-34-26(33)23-24(18-9-4-3-5-10-18)29-27-31(25(23)19-11-8-12-20(28)15-19)21(17-35-27)16-22(32)30-13-6-7-14-30/h3-5,8-12,15,17,25H,2,6-7,13-14,16H2,1H3/t25-/m1/s1. The molecule has 8 heteroatoms. The van der Waals surface area contributed by atoms with Crippen LogP contribution in [0.1, 0.15) is 43.4 Å². The van der Waals surface area contributed by atoms with E-state index in [9.17, 15) is 9.59 Å². The molecule has 0 radical (unpaired) electrons. The fourth-order valence-electron chi connectivity index (χ4n) is 4.71. The van der Waals surface area contributed by atoms with Crippen molar-refractivity contribution in [2.75, 3.05) is 19.7 Å². The van der Waals surface area contributed by atoms with Gasteiger partial charge < -0.3 is 14.5 Å². The molecule has 0 aliphatic carbocycles. The number of esters is 1. The van der Waals surface area contributed by atoms with Gasteiger partial charge in [0.25, 0.3) is 0 Å². The molecular weight excluding hydrogens is 482 g/mol. The van der Waals surface area contributed by atoms with Gasteiger partial charge in [0.15, 0.2) is 5.17 Å². The minimum atomic E-state index is -0.525. The van der Waals surface area contributed by atoms with Crippen LogP contribution in [0.15, 0.2) is 76.3 Å². The maximum absolute atomic E-state index is 13.5. The second-order valence-electron chi connectivity index (χ2n) is 8.56. The topological polar surface area (TPSA) is 62.2 Å². The van der Waals surface area contributed by atoms with E-state index in [0.29, 0.717) is 16.3 Å². The first kappa shape index (κ1) is 23.7. The van der Waals surface area contributed by atoms with E-state index >= 15 is 0 Å². The van der Waals surface area contributed by atoms with Crippen LogP contribution in [0.25, 0.3) is 5.70 Å². The molecule has 1 saturated heterocycles. The number of amides is 1. The van der Waals surface area contributed by atoms with Crippen LogP contribution in [0.3, 0.4) is 0 Å². The third-order valence-electron chi connectivity index (χ3n) is 6.31. The van der Waals surface area contributed by atoms with Crippen LogP contribution in [0.2, 0.25) is 5.02 Å². The molecule has 5 rings (SSSR count). The molecule has 3 aliphatic rings. The molecule has 0 saturated carbocycles. The third-order valence-corrected chi connectivity index (χ3v) is 7.43. The largest absolute Gasteiger partial charge is 0.463 e. The van der Waals surface area contributed by atoms with Gasteiger partial charge in [0.05, 0.1) is 30.3 Å². The fourth-order valence-corrected chi connectivity index (χ4v) is 5.83. The quantitative estimate of drug-likeness (QED) is 0.474. The maximum Gasteiger partial charge on any atom is 0.338 e. The molecule has 180 valence electrons. The number of carbonyl (C=O) groups excluding carboxylic acids is 2. The molecule has 6 nitrogen and oxygen atoms in total. The first-order valence-electron chi connectivity index (χ1n) is 11.8. The lowest BCUT2D eigenvalue weighted by Crippen LogP contribution is -2.38. The van der Waals surface area contributed by atoms with E-state index in [4.69, 9.17) is 21.3 Å². The minimum Gasteiger partial charge on any atom is -0.463 e. The lowest BCUT2D eigenvalue weighted by molar-refractivity contribution is -0.139. The minimum absolute atomic E-state index is 0.0935. The Balaban J connectivity index is 1.63. The van der Waals surface area contributed by atoms with E-state index in [1.807, 2.05) is 63.7 Å². The summed E-state index contributed by atoms with van der Waals surface area (Å²) >= 11 is 7.86. The molecular formula is C27H26ClN3O3S. The zero-order valence-corrected chi connectivity index (χ0v) is 21.0. The van der Waals surface area contributed by atoms with E-state index in [1.165, 1.54) is 11.8 Å². The number of halogens is 1. The summed E-state index contributed by atoms with van der Waals surface area (Å²) in [5.74, 6) is -0.336. The number of rotatable bonds is 6. The summed E-state index contributed by atoms with van der Waals surface area (Å²) in [6.45, 7) is 3.63. The number of benzene rings is 2. The van der Waals surface area contributed by atoms with Crippen molar-refractivity contribution in [2.45, 2.75) is 32.2 Å². The van der Waals surface area contributed by atoms with Gasteiger partial charge in [-0.05, 0) is 42.9 Å². The Kier molecular flexibility index (Phi) is 6.97. The molecule has 0 N–H and O–H groups in total. The smallest absolute Gasteiger partial charge is 0.338 e. The van der Waals surface area contributed by atoms with Gasteiger partial charge in [-0.2, -0.15) is 0 Å². The van der Waals surface area contributed by atoms with Crippen molar-refractivity contribution in [3.8, 4) is 0 Å². The summed E-state index contributed by atoms with van der Waals surface area (Å²) in [5, 5.41) is 3.27. The van der Waals surface area contributed by atoms with E-state index in [-0.39, 0.29) is 18.9 Å². The predicted octanol–water partition coefficient (Wildman–Crippen LogP) is 5.63. The average Bonchev–Trinajstić information content (AvgIpc) is 3.54. The number of likely N-dealkylation sites (tertiary alicyclic amines) is 1. The number of hydrogen-bond donors (Lipinski definition) is 0. The Morgan fingerprint density at radius 3 is 2.60 bits per heavy atom. The zero-order valence-electron chi connectivity index (χ0n) is 19.4. The third kappa shape index (κ3) is 4.75. The molecule has 0 unspecified atom stereocenters. The molecule has 2 aromatic rings. The van der Waals surface area contributed by atoms with Gasteiger partial charge in [0.1, 0.15) is 0 Å². The van der Waals surface area contributed by atoms with Gasteiger partial charge in [-0.15, -0.1) is 0 Å². The number of carbonyl (C=O) groups is 2. The van der Waals surface area contributed by atoms with E-state index in [2.05, 4.69) is 0 Å². The molecule has 3 heterocycles. The predicted molar refractivity (Wildman–Crippen MR) is 140 cm³/mol. The highest BCUT2D eigenvalue weighted by Gasteiger charge is 2.42. The zero-order chi connectivity index (χ0) is 24.4. The Bertz CT molecular complexity index is 1240. The molecule has 1 atom stereocenters. The molecule has 0 bridgehead atoms. The maximum atomic E-state index is 13.5. The first-order valence-corrected chi connectivity index (χ1v) is 13.1. The Morgan fingerprint density at radius 2 is 1.89 bits per heavy atom. The Hall–Kier alpha value is -3.03. The van der Waals surface area contributed by atoms with Crippen molar-refractivity contribution in [3.05, 3.63) is 87.4 Å². The van der Waals surface area contributed by atoms with Gasteiger partial charge in [0.2, 0.25) is 5.91 Å². The summed E-state index contributed by atoms with van der Waals surface area (Å²) in [5.41, 5.74) is 3.50. The number of thioether (sulfide) groups is 1. The van der Waals surface area contributed by atoms with Crippen LogP contribution < -0.4 is 0 Å². The molecule has 35 heavy (non-hydrogen) atoms. The molecule has 0 aromatic heterocycles. The highest BCUT2D eigenvalue weighted by Crippen LogP contribution is 2.47. The van der Waals surface area contributed by atoms with Crippen molar-refractivity contribution >= 4 is 46.1 Å². The van der Waals surface area contributed by atoms with Crippen molar-refractivity contribution in [3.63, 3.8) is 0 Å². The summed E-state index contributed by atoms with van der Waals surface area (Å²) in [7, 11) is 0. The average molecular weight is 508 g/mol. The van der Waals surface area contributed by atoms with E-state index in [0.717, 1.165) is 47.9 Å². The molecule has 1 amide bonds. The second-order valence-corrected chi connectivity index (χ2v) is 9.84. The molecule has 3 aliphatic heterocycles. The van der Waals surface area contributed by atoms with Gasteiger partial charge in [-0.3, -0.25) is 4.79 Å². The van der Waals surface area contributed by atoms with Gasteiger partial charge in [-0.25, -0.2) is 9.79 Å². The Morgan fingerprint density at radius 1 is 1.11 bits per heavy atom. The number of fused-ring (bicyclic) bond motifs is 1. The second kappa shape index (κ2) is 10.3. The molecule has 0 spiro atoms. The van der Waals surface area contributed by atoms with E-state index < -0.39 is 12.0 Å². The van der Waals surface area contributed by atoms with Crippen LogP contribution in [0.4, 0.5) is 0 Å². The van der Waals surface area contributed by atoms with Gasteiger partial charge >= 0.3 is 5.97 Å². The van der Waals surface area contributed by atoms with Crippen LogP contribution in [-0.2, 0) is 14.3 Å². The highest BCUT2D eigenvalue weighted by molar-refractivity contribution is 8.16. The summed E-state index contributed by atoms with van der Waals surface area (Å²) in [4.78, 5) is 35.4. The SMILES string of the molecule is CCOC(=O)C1=C(c2ccccc2)N=C2SC=C(CC(=O)N3CCCC3)N2[C@@H]1c1cccc(Cl)c1. The lowest BCUT2D eigenvalue weighted by atomic mass is 9.91. The number of aliphatic imine (C=N–C) groups is 1. The molecule has 2 aromatic carbocycles. The highest BCUT2D eigenvalue weighted by atomic mass is 35.5. The van der Waals surface area contributed by atoms with Gasteiger partial charge in [0, 0.05) is 29.4 Å². The monoisotopic (exact) mass is 507 g/mol. The summed E-state index contributed by atoms with van der Waals surface area (Å²) in [6.07, 6.45) is 2.33. The fraction of sp³-hybridized carbons (Fsp3) is 0.296. The lowest BCUT2D eigenvalue weighted by Gasteiger charge is -2.37. The van der Waals surface area contributed by atoms with Crippen molar-refractivity contribution in [2.24, 2.45) is 4.99 Å². The van der Waals surface area contributed by atoms with Crippen molar-refractivity contribution in [1.82, 2.24) is 9.80 Å². The van der Waals surface area contributed by atoms with Crippen LogP contribution in [0.5, 0.6) is 0 Å². The summed E-state index contributed by atoms with van der Waals surface area (Å²) < 4.78 is 5.53. The van der Waals surface area contributed by atoms with Crippen molar-refractivity contribution < 1.29 is 14.3 Å². The number of nitrogens with zero attached hydrogens (tertiary/aromatic N) is 3. The van der Waals surface area contributed by atoms with Crippen LogP contribution >= 0.6 is 23.4 Å². The normalized spacial score (nSPS) is 19.4. The Labute approximate surface area is 214 Å². The van der Waals surface area contributed by atoms with Crippen LogP contribution in [-0.4, -0.2) is 46.5 Å². The summed E-state index contributed by atoms with van der Waals surface area (Å²) in [6, 6.07) is 16.6. The first-order chi connectivity index (χ1) is 17.1. The van der Waals surface area contributed by atoms with Crippen LogP contribution in [0, 0.1) is 0 Å². The van der Waals surface area contributed by atoms with Gasteiger partial charge in [-0.1, -0.05) is 65.8 Å². The number of amidine groups is 1. The molecule has 1 fully saturated rings.